The SMILES string of the molecule is CCOc1ccccc1C(=O)CC1CCCCC1. The summed E-state index contributed by atoms with van der Waals surface area (Å²) in [6, 6.07) is 7.60. The van der Waals surface area contributed by atoms with Gasteiger partial charge in [0, 0.05) is 6.42 Å². The minimum absolute atomic E-state index is 0.242. The van der Waals surface area contributed by atoms with Crippen molar-refractivity contribution in [1.82, 2.24) is 0 Å². The molecule has 0 spiro atoms. The van der Waals surface area contributed by atoms with Crippen LogP contribution in [0.4, 0.5) is 0 Å². The van der Waals surface area contributed by atoms with Crippen LogP contribution in [0.3, 0.4) is 0 Å². The second-order valence-corrected chi connectivity index (χ2v) is 5.06. The van der Waals surface area contributed by atoms with Gasteiger partial charge in [0.1, 0.15) is 5.75 Å². The molecule has 98 valence electrons. The Balaban J connectivity index is 2.03. The Morgan fingerprint density at radius 1 is 1.22 bits per heavy atom. The average Bonchev–Trinajstić information content (AvgIpc) is 2.41. The molecule has 1 aromatic rings. The summed E-state index contributed by atoms with van der Waals surface area (Å²) >= 11 is 0. The lowest BCUT2D eigenvalue weighted by molar-refractivity contribution is 0.0946. The van der Waals surface area contributed by atoms with Crippen LogP contribution < -0.4 is 4.74 Å². The van der Waals surface area contributed by atoms with Gasteiger partial charge in [-0.1, -0.05) is 44.2 Å². The molecule has 1 fully saturated rings. The van der Waals surface area contributed by atoms with Crippen LogP contribution in [0.25, 0.3) is 0 Å². The fourth-order valence-electron chi connectivity index (χ4n) is 2.74. The maximum Gasteiger partial charge on any atom is 0.166 e. The highest BCUT2D eigenvalue weighted by Crippen LogP contribution is 2.29. The highest BCUT2D eigenvalue weighted by Gasteiger charge is 2.19. The van der Waals surface area contributed by atoms with Crippen LogP contribution in [0.5, 0.6) is 5.75 Å². The average molecular weight is 246 g/mol. The molecule has 1 aliphatic carbocycles. The summed E-state index contributed by atoms with van der Waals surface area (Å²) in [5.41, 5.74) is 0.755. The molecule has 1 saturated carbocycles. The van der Waals surface area contributed by atoms with Crippen molar-refractivity contribution in [3.8, 4) is 5.75 Å². The van der Waals surface area contributed by atoms with Crippen LogP contribution in [0.2, 0.25) is 0 Å². The van der Waals surface area contributed by atoms with E-state index in [2.05, 4.69) is 0 Å². The van der Waals surface area contributed by atoms with E-state index in [9.17, 15) is 4.79 Å². The van der Waals surface area contributed by atoms with Gasteiger partial charge in [0.25, 0.3) is 0 Å². The number of carbonyl (C=O) groups excluding carboxylic acids is 1. The molecule has 0 N–H and O–H groups in total. The molecule has 0 aliphatic heterocycles. The van der Waals surface area contributed by atoms with Gasteiger partial charge >= 0.3 is 0 Å². The molecule has 1 aromatic carbocycles. The van der Waals surface area contributed by atoms with Crippen molar-refractivity contribution in [3.63, 3.8) is 0 Å². The van der Waals surface area contributed by atoms with Crippen LogP contribution in [-0.2, 0) is 0 Å². The molecule has 0 aromatic heterocycles. The number of carbonyl (C=O) groups is 1. The first kappa shape index (κ1) is 13.1. The largest absolute Gasteiger partial charge is 0.493 e. The van der Waals surface area contributed by atoms with Gasteiger partial charge < -0.3 is 4.74 Å². The molecule has 0 amide bonds. The molecule has 0 heterocycles. The number of hydrogen-bond donors (Lipinski definition) is 0. The highest BCUT2D eigenvalue weighted by atomic mass is 16.5. The Morgan fingerprint density at radius 3 is 2.67 bits per heavy atom. The summed E-state index contributed by atoms with van der Waals surface area (Å²) in [7, 11) is 0. The predicted molar refractivity (Wildman–Crippen MR) is 73.1 cm³/mol. The van der Waals surface area contributed by atoms with Gasteiger partial charge in [-0.3, -0.25) is 4.79 Å². The van der Waals surface area contributed by atoms with Crippen molar-refractivity contribution < 1.29 is 9.53 Å². The summed E-state index contributed by atoms with van der Waals surface area (Å²) in [6.07, 6.45) is 7.01. The number of Topliss-reactive ketones (excluding diaryl/α,β-unsaturated/α-hetero) is 1. The van der Waals surface area contributed by atoms with Gasteiger partial charge in [0.2, 0.25) is 0 Å². The van der Waals surface area contributed by atoms with E-state index in [-0.39, 0.29) is 5.78 Å². The molecule has 1 aliphatic rings. The predicted octanol–water partition coefficient (Wildman–Crippen LogP) is 4.24. The molecule has 0 unspecified atom stereocenters. The Kier molecular flexibility index (Phi) is 4.80. The summed E-state index contributed by atoms with van der Waals surface area (Å²) in [4.78, 5) is 12.3. The van der Waals surface area contributed by atoms with Crippen molar-refractivity contribution in [1.29, 1.82) is 0 Å². The zero-order valence-electron chi connectivity index (χ0n) is 11.2. The third-order valence-corrected chi connectivity index (χ3v) is 3.69. The van der Waals surface area contributed by atoms with E-state index in [0.29, 0.717) is 18.9 Å². The van der Waals surface area contributed by atoms with Gasteiger partial charge in [0.15, 0.2) is 5.78 Å². The lowest BCUT2D eigenvalue weighted by Gasteiger charge is -2.21. The summed E-state index contributed by atoms with van der Waals surface area (Å²) in [5, 5.41) is 0. The standard InChI is InChI=1S/C16H22O2/c1-2-18-16-11-7-6-10-14(16)15(17)12-13-8-4-3-5-9-13/h6-7,10-11,13H,2-5,8-9,12H2,1H3. The Labute approximate surface area is 109 Å². The molecule has 18 heavy (non-hydrogen) atoms. The topological polar surface area (TPSA) is 26.3 Å². The van der Waals surface area contributed by atoms with E-state index in [1.165, 1.54) is 32.1 Å². The third kappa shape index (κ3) is 3.34. The van der Waals surface area contributed by atoms with Crippen LogP contribution in [-0.4, -0.2) is 12.4 Å². The zero-order chi connectivity index (χ0) is 12.8. The van der Waals surface area contributed by atoms with Crippen molar-refractivity contribution in [2.45, 2.75) is 45.4 Å². The Hall–Kier alpha value is -1.31. The third-order valence-electron chi connectivity index (χ3n) is 3.69. The molecule has 2 heteroatoms. The van der Waals surface area contributed by atoms with Gasteiger partial charge in [0.05, 0.1) is 12.2 Å². The zero-order valence-corrected chi connectivity index (χ0v) is 11.2. The fraction of sp³-hybridized carbons (Fsp3) is 0.562. The maximum atomic E-state index is 12.3. The van der Waals surface area contributed by atoms with Crippen molar-refractivity contribution in [2.24, 2.45) is 5.92 Å². The number of ketones is 1. The first-order chi connectivity index (χ1) is 8.81. The fourth-order valence-corrected chi connectivity index (χ4v) is 2.74. The smallest absolute Gasteiger partial charge is 0.166 e. The Bertz CT molecular complexity index is 392. The minimum Gasteiger partial charge on any atom is -0.493 e. The second kappa shape index (κ2) is 6.58. The van der Waals surface area contributed by atoms with Crippen molar-refractivity contribution in [3.05, 3.63) is 29.8 Å². The molecular weight excluding hydrogens is 224 g/mol. The van der Waals surface area contributed by atoms with Gasteiger partial charge in [-0.15, -0.1) is 0 Å². The first-order valence-corrected chi connectivity index (χ1v) is 7.06. The van der Waals surface area contributed by atoms with E-state index in [1.54, 1.807) is 0 Å². The molecule has 0 atom stereocenters. The minimum atomic E-state index is 0.242. The molecule has 0 bridgehead atoms. The quantitative estimate of drug-likeness (QED) is 0.726. The van der Waals surface area contributed by atoms with Crippen molar-refractivity contribution in [2.75, 3.05) is 6.61 Å². The number of ether oxygens (including phenoxy) is 1. The van der Waals surface area contributed by atoms with E-state index < -0.39 is 0 Å². The van der Waals surface area contributed by atoms with E-state index in [1.807, 2.05) is 31.2 Å². The summed E-state index contributed by atoms with van der Waals surface area (Å²) in [5.74, 6) is 1.56. The van der Waals surface area contributed by atoms with Gasteiger partial charge in [-0.25, -0.2) is 0 Å². The number of hydrogen-bond acceptors (Lipinski definition) is 2. The lowest BCUT2D eigenvalue weighted by Crippen LogP contribution is -2.13. The normalized spacial score (nSPS) is 16.5. The van der Waals surface area contributed by atoms with E-state index >= 15 is 0 Å². The lowest BCUT2D eigenvalue weighted by atomic mass is 9.84. The first-order valence-electron chi connectivity index (χ1n) is 7.06. The summed E-state index contributed by atoms with van der Waals surface area (Å²) < 4.78 is 5.53. The van der Waals surface area contributed by atoms with Crippen LogP contribution in [0.1, 0.15) is 55.8 Å². The highest BCUT2D eigenvalue weighted by molar-refractivity contribution is 5.98. The van der Waals surface area contributed by atoms with Gasteiger partial charge in [-0.2, -0.15) is 0 Å². The van der Waals surface area contributed by atoms with Crippen LogP contribution in [0.15, 0.2) is 24.3 Å². The number of benzene rings is 1. The molecule has 0 radical (unpaired) electrons. The Morgan fingerprint density at radius 2 is 1.94 bits per heavy atom. The molecular formula is C16H22O2. The molecule has 2 rings (SSSR count). The molecule has 2 nitrogen and oxygen atoms in total. The van der Waals surface area contributed by atoms with Gasteiger partial charge in [-0.05, 0) is 25.0 Å². The summed E-state index contributed by atoms with van der Waals surface area (Å²) in [6.45, 7) is 2.55. The second-order valence-electron chi connectivity index (χ2n) is 5.06. The number of para-hydroxylation sites is 1. The van der Waals surface area contributed by atoms with Crippen LogP contribution >= 0.6 is 0 Å². The van der Waals surface area contributed by atoms with Crippen molar-refractivity contribution >= 4 is 5.78 Å². The maximum absolute atomic E-state index is 12.3. The molecule has 0 saturated heterocycles. The van der Waals surface area contributed by atoms with E-state index in [4.69, 9.17) is 4.74 Å². The monoisotopic (exact) mass is 246 g/mol. The number of rotatable bonds is 5. The van der Waals surface area contributed by atoms with Crippen LogP contribution in [0, 0.1) is 5.92 Å². The van der Waals surface area contributed by atoms with E-state index in [0.717, 1.165) is 11.3 Å².